The van der Waals surface area contributed by atoms with E-state index in [0.717, 1.165) is 24.9 Å². The molecule has 1 aromatic carbocycles. The number of aliphatic hydroxyl groups excluding tert-OH is 1. The van der Waals surface area contributed by atoms with Gasteiger partial charge in [-0.3, -0.25) is 14.6 Å². The van der Waals surface area contributed by atoms with E-state index >= 15 is 0 Å². The third kappa shape index (κ3) is 4.57. The van der Waals surface area contributed by atoms with Gasteiger partial charge in [0.05, 0.1) is 18.7 Å². The number of β-amino-alcohol motifs (C(OH)–C–C–N with tert-alkyl or cyclic N) is 1. The Hall–Kier alpha value is -1.94. The molecule has 0 bridgehead atoms. The van der Waals surface area contributed by atoms with Crippen LogP contribution in [0.15, 0.2) is 30.3 Å². The zero-order chi connectivity index (χ0) is 17.6. The van der Waals surface area contributed by atoms with Crippen LogP contribution in [0, 0.1) is 11.3 Å². The number of hydrogen-bond acceptors (Lipinski definition) is 5. The largest absolute Gasteiger partial charge is 0.392 e. The summed E-state index contributed by atoms with van der Waals surface area (Å²) in [5.41, 5.74) is 1.01. The molecule has 0 aliphatic carbocycles. The van der Waals surface area contributed by atoms with E-state index in [1.165, 1.54) is 0 Å². The molecule has 2 aliphatic heterocycles. The van der Waals surface area contributed by atoms with Gasteiger partial charge in [0.25, 0.3) is 0 Å². The predicted octanol–water partition coefficient (Wildman–Crippen LogP) is 0.852. The van der Waals surface area contributed by atoms with Crippen LogP contribution in [0.3, 0.4) is 0 Å². The van der Waals surface area contributed by atoms with Gasteiger partial charge >= 0.3 is 0 Å². The SMILES string of the molecule is N#C[C@H](c1ccccc1)N1CCN(C(=O)CN2CCC[C@H](O)C2)CC1. The summed E-state index contributed by atoms with van der Waals surface area (Å²) in [6.07, 6.45) is 1.47. The minimum atomic E-state index is -0.305. The maximum atomic E-state index is 12.5. The van der Waals surface area contributed by atoms with Crippen LogP contribution in [0.4, 0.5) is 0 Å². The Morgan fingerprint density at radius 3 is 2.56 bits per heavy atom. The molecule has 0 aromatic heterocycles. The van der Waals surface area contributed by atoms with E-state index in [0.29, 0.717) is 39.3 Å². The Morgan fingerprint density at radius 2 is 1.92 bits per heavy atom. The highest BCUT2D eigenvalue weighted by Gasteiger charge is 2.28. The van der Waals surface area contributed by atoms with Crippen LogP contribution in [-0.4, -0.2) is 77.6 Å². The average Bonchev–Trinajstić information content (AvgIpc) is 2.64. The molecule has 0 unspecified atom stereocenters. The number of aliphatic hydroxyl groups is 1. The molecule has 2 fully saturated rings. The van der Waals surface area contributed by atoms with E-state index in [4.69, 9.17) is 0 Å². The van der Waals surface area contributed by atoms with E-state index < -0.39 is 0 Å². The van der Waals surface area contributed by atoms with Gasteiger partial charge in [-0.1, -0.05) is 30.3 Å². The van der Waals surface area contributed by atoms with Crippen molar-refractivity contribution in [1.82, 2.24) is 14.7 Å². The monoisotopic (exact) mass is 342 g/mol. The van der Waals surface area contributed by atoms with Crippen LogP contribution in [0.5, 0.6) is 0 Å². The standard InChI is InChI=1S/C19H26N4O2/c20-13-18(16-5-2-1-3-6-16)22-9-11-23(12-10-22)19(25)15-21-8-4-7-17(24)14-21/h1-3,5-6,17-18,24H,4,7-12,14-15H2/t17-,18+/m0/s1. The van der Waals surface area contributed by atoms with Gasteiger partial charge in [0.2, 0.25) is 5.91 Å². The van der Waals surface area contributed by atoms with Gasteiger partial charge in [-0.05, 0) is 24.9 Å². The molecule has 3 rings (SSSR count). The van der Waals surface area contributed by atoms with Gasteiger partial charge in [0.15, 0.2) is 0 Å². The van der Waals surface area contributed by atoms with E-state index in [1.807, 2.05) is 40.1 Å². The fourth-order valence-corrected chi connectivity index (χ4v) is 3.70. The highest BCUT2D eigenvalue weighted by atomic mass is 16.3. The third-order valence-corrected chi connectivity index (χ3v) is 5.11. The van der Waals surface area contributed by atoms with Crippen molar-refractivity contribution >= 4 is 5.91 Å². The Morgan fingerprint density at radius 1 is 1.20 bits per heavy atom. The first kappa shape index (κ1) is 17.9. The highest BCUT2D eigenvalue weighted by Crippen LogP contribution is 2.21. The number of carbonyl (C=O) groups excluding carboxylic acids is 1. The fraction of sp³-hybridized carbons (Fsp3) is 0.579. The smallest absolute Gasteiger partial charge is 0.236 e. The molecule has 0 spiro atoms. The van der Waals surface area contributed by atoms with Crippen molar-refractivity contribution in [2.24, 2.45) is 0 Å². The van der Waals surface area contributed by atoms with Gasteiger partial charge in [-0.15, -0.1) is 0 Å². The summed E-state index contributed by atoms with van der Waals surface area (Å²) >= 11 is 0. The molecule has 25 heavy (non-hydrogen) atoms. The molecule has 2 saturated heterocycles. The number of carbonyl (C=O) groups is 1. The number of benzene rings is 1. The van der Waals surface area contributed by atoms with Crippen molar-refractivity contribution in [2.45, 2.75) is 25.0 Å². The average molecular weight is 342 g/mol. The normalized spacial score (nSPS) is 23.8. The number of amides is 1. The second kappa shape index (κ2) is 8.43. The van der Waals surface area contributed by atoms with Crippen LogP contribution in [-0.2, 0) is 4.79 Å². The molecule has 1 N–H and O–H groups in total. The lowest BCUT2D eigenvalue weighted by atomic mass is 10.1. The van der Waals surface area contributed by atoms with Crippen molar-refractivity contribution in [2.75, 3.05) is 45.8 Å². The van der Waals surface area contributed by atoms with E-state index in [-0.39, 0.29) is 18.1 Å². The van der Waals surface area contributed by atoms with Gasteiger partial charge in [0, 0.05) is 32.7 Å². The number of likely N-dealkylation sites (tertiary alicyclic amines) is 1. The summed E-state index contributed by atoms with van der Waals surface area (Å²) in [7, 11) is 0. The predicted molar refractivity (Wildman–Crippen MR) is 94.6 cm³/mol. The van der Waals surface area contributed by atoms with Crippen LogP contribution < -0.4 is 0 Å². The molecule has 6 heteroatoms. The number of piperidine rings is 1. The fourth-order valence-electron chi connectivity index (χ4n) is 3.70. The zero-order valence-corrected chi connectivity index (χ0v) is 14.5. The lowest BCUT2D eigenvalue weighted by molar-refractivity contribution is -0.135. The molecule has 2 heterocycles. The van der Waals surface area contributed by atoms with Crippen molar-refractivity contribution in [3.63, 3.8) is 0 Å². The number of nitriles is 1. The lowest BCUT2D eigenvalue weighted by Crippen LogP contribution is -2.52. The Bertz CT molecular complexity index is 608. The summed E-state index contributed by atoms with van der Waals surface area (Å²) in [4.78, 5) is 18.6. The van der Waals surface area contributed by atoms with Gasteiger partial charge in [0.1, 0.15) is 6.04 Å². The minimum absolute atomic E-state index is 0.127. The summed E-state index contributed by atoms with van der Waals surface area (Å²) in [6.45, 7) is 4.59. The lowest BCUT2D eigenvalue weighted by Gasteiger charge is -2.38. The van der Waals surface area contributed by atoms with Crippen molar-refractivity contribution in [3.05, 3.63) is 35.9 Å². The van der Waals surface area contributed by atoms with Gasteiger partial charge < -0.3 is 10.0 Å². The van der Waals surface area contributed by atoms with E-state index in [2.05, 4.69) is 11.0 Å². The molecular weight excluding hydrogens is 316 g/mol. The number of piperazine rings is 1. The Kier molecular flexibility index (Phi) is 6.03. The molecule has 1 amide bonds. The van der Waals surface area contributed by atoms with Crippen LogP contribution in [0.2, 0.25) is 0 Å². The topological polar surface area (TPSA) is 70.8 Å². The molecule has 1 aromatic rings. The third-order valence-electron chi connectivity index (χ3n) is 5.11. The van der Waals surface area contributed by atoms with Gasteiger partial charge in [-0.2, -0.15) is 5.26 Å². The molecule has 6 nitrogen and oxygen atoms in total. The first-order chi connectivity index (χ1) is 12.2. The first-order valence-electron chi connectivity index (χ1n) is 9.04. The quantitative estimate of drug-likeness (QED) is 0.878. The van der Waals surface area contributed by atoms with Crippen LogP contribution in [0.25, 0.3) is 0 Å². The van der Waals surface area contributed by atoms with Crippen molar-refractivity contribution in [1.29, 1.82) is 5.26 Å². The second-order valence-corrected chi connectivity index (χ2v) is 6.89. The van der Waals surface area contributed by atoms with Crippen molar-refractivity contribution in [3.8, 4) is 6.07 Å². The molecule has 2 atom stereocenters. The molecule has 0 radical (unpaired) electrons. The van der Waals surface area contributed by atoms with E-state index in [1.54, 1.807) is 0 Å². The summed E-state index contributed by atoms with van der Waals surface area (Å²) in [6, 6.07) is 11.9. The first-order valence-corrected chi connectivity index (χ1v) is 9.04. The van der Waals surface area contributed by atoms with Crippen molar-refractivity contribution < 1.29 is 9.90 Å². The summed E-state index contributed by atoms with van der Waals surface area (Å²) < 4.78 is 0. The molecule has 134 valence electrons. The molecule has 2 aliphatic rings. The highest BCUT2D eigenvalue weighted by molar-refractivity contribution is 5.78. The zero-order valence-electron chi connectivity index (χ0n) is 14.5. The molecule has 0 saturated carbocycles. The maximum absolute atomic E-state index is 12.5. The Balaban J connectivity index is 1.51. The summed E-state index contributed by atoms with van der Waals surface area (Å²) in [5, 5.41) is 19.3. The van der Waals surface area contributed by atoms with Crippen LogP contribution >= 0.6 is 0 Å². The number of nitrogens with zero attached hydrogens (tertiary/aromatic N) is 4. The maximum Gasteiger partial charge on any atom is 0.236 e. The number of rotatable bonds is 4. The van der Waals surface area contributed by atoms with Crippen LogP contribution in [0.1, 0.15) is 24.4 Å². The second-order valence-electron chi connectivity index (χ2n) is 6.89. The summed E-state index contributed by atoms with van der Waals surface area (Å²) in [5.74, 6) is 0.127. The van der Waals surface area contributed by atoms with Gasteiger partial charge in [-0.25, -0.2) is 0 Å². The minimum Gasteiger partial charge on any atom is -0.392 e. The number of hydrogen-bond donors (Lipinski definition) is 1. The van der Waals surface area contributed by atoms with E-state index in [9.17, 15) is 15.2 Å². The molecular formula is C19H26N4O2. The Labute approximate surface area is 149 Å².